The zero-order valence-corrected chi connectivity index (χ0v) is 16.7. The van der Waals surface area contributed by atoms with Gasteiger partial charge in [-0.1, -0.05) is 35.5 Å². The number of thioether (sulfide) groups is 1. The summed E-state index contributed by atoms with van der Waals surface area (Å²) in [5.41, 5.74) is 1.37. The maximum absolute atomic E-state index is 12.5. The Balaban J connectivity index is 1.75. The SMILES string of the molecule is COc1ccc(C(=O)CSc2nnc(-c3ccccc3OC)n2C)cc1Cl. The van der Waals surface area contributed by atoms with Crippen molar-refractivity contribution < 1.29 is 14.3 Å². The Morgan fingerprint density at radius 3 is 2.56 bits per heavy atom. The van der Waals surface area contributed by atoms with Gasteiger partial charge in [0.25, 0.3) is 0 Å². The number of aromatic nitrogens is 3. The van der Waals surface area contributed by atoms with Crippen molar-refractivity contribution in [3.63, 3.8) is 0 Å². The second kappa shape index (κ2) is 8.45. The molecule has 0 atom stereocenters. The fourth-order valence-corrected chi connectivity index (χ4v) is 3.62. The third-order valence-corrected chi connectivity index (χ3v) is 5.30. The molecule has 2 aromatic carbocycles. The second-order valence-electron chi connectivity index (χ2n) is 5.63. The number of halogens is 1. The van der Waals surface area contributed by atoms with Gasteiger partial charge in [0, 0.05) is 12.6 Å². The summed E-state index contributed by atoms with van der Waals surface area (Å²) in [5, 5.41) is 9.50. The molecule has 1 heterocycles. The average molecular weight is 404 g/mol. The van der Waals surface area contributed by atoms with Crippen molar-refractivity contribution in [1.29, 1.82) is 0 Å². The molecule has 8 heteroatoms. The van der Waals surface area contributed by atoms with E-state index in [9.17, 15) is 4.79 Å². The lowest BCUT2D eigenvalue weighted by molar-refractivity contribution is 0.102. The molecule has 3 rings (SSSR count). The first-order valence-corrected chi connectivity index (χ1v) is 9.43. The van der Waals surface area contributed by atoms with Crippen LogP contribution in [0, 0.1) is 0 Å². The van der Waals surface area contributed by atoms with Gasteiger partial charge in [0.1, 0.15) is 11.5 Å². The number of carbonyl (C=O) groups excluding carboxylic acids is 1. The molecule has 27 heavy (non-hydrogen) atoms. The van der Waals surface area contributed by atoms with Gasteiger partial charge < -0.3 is 14.0 Å². The van der Waals surface area contributed by atoms with Crippen LogP contribution in [0.2, 0.25) is 5.02 Å². The van der Waals surface area contributed by atoms with E-state index < -0.39 is 0 Å². The van der Waals surface area contributed by atoms with Crippen LogP contribution >= 0.6 is 23.4 Å². The van der Waals surface area contributed by atoms with E-state index >= 15 is 0 Å². The van der Waals surface area contributed by atoms with Gasteiger partial charge in [-0.05, 0) is 30.3 Å². The van der Waals surface area contributed by atoms with E-state index in [-0.39, 0.29) is 11.5 Å². The number of para-hydroxylation sites is 1. The van der Waals surface area contributed by atoms with Crippen molar-refractivity contribution in [3.8, 4) is 22.9 Å². The Kier molecular flexibility index (Phi) is 6.03. The summed E-state index contributed by atoms with van der Waals surface area (Å²) in [6.45, 7) is 0. The Bertz CT molecular complexity index is 975. The van der Waals surface area contributed by atoms with E-state index in [1.165, 1.54) is 18.9 Å². The highest BCUT2D eigenvalue weighted by molar-refractivity contribution is 7.99. The van der Waals surface area contributed by atoms with Gasteiger partial charge in [-0.25, -0.2) is 0 Å². The molecule has 1 aromatic heterocycles. The van der Waals surface area contributed by atoms with Crippen LogP contribution in [0.3, 0.4) is 0 Å². The normalized spacial score (nSPS) is 10.7. The van der Waals surface area contributed by atoms with E-state index in [1.54, 1.807) is 25.3 Å². The van der Waals surface area contributed by atoms with Gasteiger partial charge in [0.2, 0.25) is 0 Å². The molecule has 0 saturated carbocycles. The van der Waals surface area contributed by atoms with E-state index in [4.69, 9.17) is 21.1 Å². The number of ether oxygens (including phenoxy) is 2. The highest BCUT2D eigenvalue weighted by Gasteiger charge is 2.16. The zero-order chi connectivity index (χ0) is 19.4. The van der Waals surface area contributed by atoms with Crippen molar-refractivity contribution in [2.45, 2.75) is 5.16 Å². The highest BCUT2D eigenvalue weighted by atomic mass is 35.5. The molecule has 0 aliphatic carbocycles. The molecule has 6 nitrogen and oxygen atoms in total. The van der Waals surface area contributed by atoms with Crippen molar-refractivity contribution in [1.82, 2.24) is 14.8 Å². The average Bonchev–Trinajstić information content (AvgIpc) is 3.06. The molecule has 0 unspecified atom stereocenters. The predicted octanol–water partition coefficient (Wildman–Crippen LogP) is 4.13. The number of benzene rings is 2. The summed E-state index contributed by atoms with van der Waals surface area (Å²) in [4.78, 5) is 12.5. The molecule has 0 spiro atoms. The highest BCUT2D eigenvalue weighted by Crippen LogP contribution is 2.30. The molecule has 0 N–H and O–H groups in total. The standard InChI is InChI=1S/C19H18ClN3O3S/c1-23-18(13-6-4-5-7-16(13)25-2)21-22-19(23)27-11-15(24)12-8-9-17(26-3)14(20)10-12/h4-10H,11H2,1-3H3. The smallest absolute Gasteiger partial charge is 0.191 e. The van der Waals surface area contributed by atoms with Crippen LogP contribution in [0.4, 0.5) is 0 Å². The Morgan fingerprint density at radius 2 is 1.85 bits per heavy atom. The van der Waals surface area contributed by atoms with Crippen LogP contribution < -0.4 is 9.47 Å². The Morgan fingerprint density at radius 1 is 1.11 bits per heavy atom. The molecule has 0 radical (unpaired) electrons. The number of Topliss-reactive ketones (excluding diaryl/α,β-unsaturated/α-hetero) is 1. The first-order valence-electron chi connectivity index (χ1n) is 8.07. The fourth-order valence-electron chi connectivity index (χ4n) is 2.56. The fraction of sp³-hybridized carbons (Fsp3) is 0.211. The van der Waals surface area contributed by atoms with Gasteiger partial charge in [-0.15, -0.1) is 10.2 Å². The van der Waals surface area contributed by atoms with Crippen molar-refractivity contribution in [3.05, 3.63) is 53.1 Å². The number of hydrogen-bond donors (Lipinski definition) is 0. The summed E-state index contributed by atoms with van der Waals surface area (Å²) in [6.07, 6.45) is 0. The monoisotopic (exact) mass is 403 g/mol. The minimum atomic E-state index is -0.0496. The number of nitrogens with zero attached hydrogens (tertiary/aromatic N) is 3. The molecule has 0 fully saturated rings. The largest absolute Gasteiger partial charge is 0.496 e. The third kappa shape index (κ3) is 4.09. The summed E-state index contributed by atoms with van der Waals surface area (Å²) in [5.74, 6) is 2.10. The molecule has 3 aromatic rings. The lowest BCUT2D eigenvalue weighted by atomic mass is 10.1. The molecular weight excluding hydrogens is 386 g/mol. The van der Waals surface area contributed by atoms with Crippen LogP contribution in [0.15, 0.2) is 47.6 Å². The van der Waals surface area contributed by atoms with Crippen LogP contribution in [0.25, 0.3) is 11.4 Å². The zero-order valence-electron chi connectivity index (χ0n) is 15.1. The van der Waals surface area contributed by atoms with Crippen LogP contribution in [-0.2, 0) is 7.05 Å². The van der Waals surface area contributed by atoms with E-state index in [1.807, 2.05) is 35.9 Å². The molecule has 0 aliphatic heterocycles. The van der Waals surface area contributed by atoms with Crippen LogP contribution in [-0.4, -0.2) is 40.5 Å². The first kappa shape index (κ1) is 19.3. The van der Waals surface area contributed by atoms with E-state index in [2.05, 4.69) is 10.2 Å². The van der Waals surface area contributed by atoms with E-state index in [0.717, 1.165) is 5.56 Å². The summed E-state index contributed by atoms with van der Waals surface area (Å²) in [6, 6.07) is 12.6. The molecule has 140 valence electrons. The van der Waals surface area contributed by atoms with Crippen LogP contribution in [0.1, 0.15) is 10.4 Å². The lowest BCUT2D eigenvalue weighted by Crippen LogP contribution is -2.04. The van der Waals surface area contributed by atoms with Crippen molar-refractivity contribution >= 4 is 29.1 Å². The topological polar surface area (TPSA) is 66.2 Å². The molecule has 0 aliphatic rings. The maximum Gasteiger partial charge on any atom is 0.191 e. The molecular formula is C19H18ClN3O3S. The number of methoxy groups -OCH3 is 2. The van der Waals surface area contributed by atoms with Gasteiger partial charge in [0.15, 0.2) is 16.8 Å². The summed E-state index contributed by atoms with van der Waals surface area (Å²) in [7, 11) is 5.01. The molecule has 0 amide bonds. The minimum Gasteiger partial charge on any atom is -0.496 e. The number of rotatable bonds is 7. The van der Waals surface area contributed by atoms with Crippen molar-refractivity contribution in [2.75, 3.05) is 20.0 Å². The van der Waals surface area contributed by atoms with E-state index in [0.29, 0.717) is 33.1 Å². The maximum atomic E-state index is 12.5. The third-order valence-electron chi connectivity index (χ3n) is 3.99. The van der Waals surface area contributed by atoms with Gasteiger partial charge >= 0.3 is 0 Å². The summed E-state index contributed by atoms with van der Waals surface area (Å²) >= 11 is 7.41. The Labute approximate surface area is 166 Å². The van der Waals surface area contributed by atoms with Gasteiger partial charge in [-0.2, -0.15) is 0 Å². The minimum absolute atomic E-state index is 0.0496. The number of carbonyl (C=O) groups is 1. The van der Waals surface area contributed by atoms with Crippen molar-refractivity contribution in [2.24, 2.45) is 7.05 Å². The van der Waals surface area contributed by atoms with Gasteiger partial charge in [-0.3, -0.25) is 4.79 Å². The Hall–Kier alpha value is -2.51. The number of hydrogen-bond acceptors (Lipinski definition) is 6. The quantitative estimate of drug-likeness (QED) is 0.436. The first-order chi connectivity index (χ1) is 13.0. The second-order valence-corrected chi connectivity index (χ2v) is 6.98. The molecule has 0 bridgehead atoms. The van der Waals surface area contributed by atoms with Gasteiger partial charge in [0.05, 0.1) is 30.6 Å². The predicted molar refractivity (Wildman–Crippen MR) is 106 cm³/mol. The summed E-state index contributed by atoms with van der Waals surface area (Å²) < 4.78 is 12.3. The lowest BCUT2D eigenvalue weighted by Gasteiger charge is -2.08. The van der Waals surface area contributed by atoms with Crippen LogP contribution in [0.5, 0.6) is 11.5 Å². The molecule has 0 saturated heterocycles. The number of ketones is 1.